The van der Waals surface area contributed by atoms with Crippen molar-refractivity contribution in [2.75, 3.05) is 6.54 Å². The van der Waals surface area contributed by atoms with Crippen molar-refractivity contribution in [2.24, 2.45) is 5.92 Å². The molecule has 0 atom stereocenters. The van der Waals surface area contributed by atoms with Gasteiger partial charge in [0, 0.05) is 30.4 Å². The molecule has 0 aromatic carbocycles. The third-order valence-corrected chi connectivity index (χ3v) is 4.50. The number of hydrogen-bond donors (Lipinski definition) is 1. The van der Waals surface area contributed by atoms with Gasteiger partial charge in [-0.25, -0.2) is 0 Å². The molecule has 4 heteroatoms. The zero-order chi connectivity index (χ0) is 12.7. The summed E-state index contributed by atoms with van der Waals surface area (Å²) in [6.07, 6.45) is 6.79. The fraction of sp³-hybridized carbons (Fsp3) is 0.500. The molecule has 1 aliphatic rings. The van der Waals surface area contributed by atoms with Crippen molar-refractivity contribution >= 4 is 27.3 Å². The molecule has 2 aromatic heterocycles. The standard InChI is InChI=1S/C14H18N2OS/c1-9(2)16-7-11-5-12(18-13(11)8-16)14(17)15-6-10-3-4-10/h5,7-10H,3-4,6H2,1-2H3,(H,15,17). The summed E-state index contributed by atoms with van der Waals surface area (Å²) < 4.78 is 3.38. The van der Waals surface area contributed by atoms with Gasteiger partial charge in [-0.3, -0.25) is 4.79 Å². The number of amides is 1. The van der Waals surface area contributed by atoms with E-state index in [1.807, 2.05) is 6.07 Å². The lowest BCUT2D eigenvalue weighted by atomic mass is 10.3. The maximum atomic E-state index is 12.0. The van der Waals surface area contributed by atoms with Crippen molar-refractivity contribution in [1.29, 1.82) is 0 Å². The van der Waals surface area contributed by atoms with E-state index >= 15 is 0 Å². The molecule has 2 aromatic rings. The average molecular weight is 262 g/mol. The lowest BCUT2D eigenvalue weighted by Crippen LogP contribution is -2.24. The smallest absolute Gasteiger partial charge is 0.261 e. The molecular formula is C14H18N2OS. The summed E-state index contributed by atoms with van der Waals surface area (Å²) >= 11 is 1.58. The van der Waals surface area contributed by atoms with E-state index in [1.165, 1.54) is 22.9 Å². The lowest BCUT2D eigenvalue weighted by Gasteiger charge is -2.05. The number of rotatable bonds is 4. The molecule has 3 rings (SSSR count). The molecule has 1 aliphatic carbocycles. The second-order valence-electron chi connectivity index (χ2n) is 5.38. The molecule has 1 amide bonds. The van der Waals surface area contributed by atoms with Gasteiger partial charge in [-0.1, -0.05) is 0 Å². The van der Waals surface area contributed by atoms with E-state index in [0.29, 0.717) is 6.04 Å². The molecule has 3 nitrogen and oxygen atoms in total. The summed E-state index contributed by atoms with van der Waals surface area (Å²) in [5, 5.41) is 4.19. The van der Waals surface area contributed by atoms with Crippen molar-refractivity contribution in [3.63, 3.8) is 0 Å². The fourth-order valence-corrected chi connectivity index (χ4v) is 3.00. The zero-order valence-electron chi connectivity index (χ0n) is 10.8. The third kappa shape index (κ3) is 2.29. The van der Waals surface area contributed by atoms with E-state index in [0.717, 1.165) is 17.3 Å². The molecule has 0 unspecified atom stereocenters. The quantitative estimate of drug-likeness (QED) is 0.900. The Kier molecular flexibility index (Phi) is 2.90. The largest absolute Gasteiger partial charge is 0.351 e. The van der Waals surface area contributed by atoms with Crippen LogP contribution in [0.4, 0.5) is 0 Å². The Balaban J connectivity index is 1.75. The van der Waals surface area contributed by atoms with Crippen molar-refractivity contribution in [3.8, 4) is 0 Å². The van der Waals surface area contributed by atoms with Crippen molar-refractivity contribution in [1.82, 2.24) is 9.88 Å². The van der Waals surface area contributed by atoms with Crippen LogP contribution in [0.3, 0.4) is 0 Å². The SMILES string of the molecule is CC(C)n1cc2cc(C(=O)NCC3CC3)sc2c1. The van der Waals surface area contributed by atoms with Crippen LogP contribution in [-0.4, -0.2) is 17.0 Å². The third-order valence-electron chi connectivity index (χ3n) is 3.41. The van der Waals surface area contributed by atoms with Crippen LogP contribution in [0.1, 0.15) is 42.4 Å². The first-order valence-electron chi connectivity index (χ1n) is 6.52. The Morgan fingerprint density at radius 3 is 2.89 bits per heavy atom. The number of thiophene rings is 1. The number of aromatic nitrogens is 1. The second kappa shape index (κ2) is 4.43. The maximum Gasteiger partial charge on any atom is 0.261 e. The fourth-order valence-electron chi connectivity index (χ4n) is 2.01. The highest BCUT2D eigenvalue weighted by Gasteiger charge is 2.22. The molecule has 0 bridgehead atoms. The van der Waals surface area contributed by atoms with E-state index < -0.39 is 0 Å². The zero-order valence-corrected chi connectivity index (χ0v) is 11.6. The van der Waals surface area contributed by atoms with Gasteiger partial charge in [-0.05, 0) is 38.7 Å². The molecule has 0 radical (unpaired) electrons. The summed E-state index contributed by atoms with van der Waals surface area (Å²) in [7, 11) is 0. The van der Waals surface area contributed by atoms with E-state index in [-0.39, 0.29) is 5.91 Å². The summed E-state index contributed by atoms with van der Waals surface area (Å²) in [6.45, 7) is 5.16. The van der Waals surface area contributed by atoms with Gasteiger partial charge < -0.3 is 9.88 Å². The van der Waals surface area contributed by atoms with Crippen LogP contribution in [0.5, 0.6) is 0 Å². The molecule has 18 heavy (non-hydrogen) atoms. The first-order valence-corrected chi connectivity index (χ1v) is 7.34. The molecular weight excluding hydrogens is 244 g/mol. The van der Waals surface area contributed by atoms with Gasteiger partial charge in [0.2, 0.25) is 0 Å². The van der Waals surface area contributed by atoms with Crippen LogP contribution in [0.25, 0.3) is 10.1 Å². The van der Waals surface area contributed by atoms with Gasteiger partial charge in [-0.2, -0.15) is 0 Å². The van der Waals surface area contributed by atoms with Gasteiger partial charge >= 0.3 is 0 Å². The van der Waals surface area contributed by atoms with Crippen molar-refractivity contribution < 1.29 is 4.79 Å². The first kappa shape index (κ1) is 11.8. The highest BCUT2D eigenvalue weighted by atomic mass is 32.1. The van der Waals surface area contributed by atoms with Crippen LogP contribution in [0, 0.1) is 5.92 Å². The molecule has 0 aliphatic heterocycles. The lowest BCUT2D eigenvalue weighted by molar-refractivity contribution is 0.0956. The maximum absolute atomic E-state index is 12.0. The molecule has 1 saturated carbocycles. The Labute approximate surface area is 111 Å². The van der Waals surface area contributed by atoms with Crippen LogP contribution >= 0.6 is 11.3 Å². The van der Waals surface area contributed by atoms with Gasteiger partial charge in [-0.15, -0.1) is 11.3 Å². The minimum Gasteiger partial charge on any atom is -0.351 e. The highest BCUT2D eigenvalue weighted by molar-refractivity contribution is 7.20. The molecule has 96 valence electrons. The number of carbonyl (C=O) groups excluding carboxylic acids is 1. The average Bonchev–Trinajstić information content (AvgIpc) is 2.92. The number of fused-ring (bicyclic) bond motifs is 1. The first-order chi connectivity index (χ1) is 8.63. The van der Waals surface area contributed by atoms with Crippen LogP contribution in [0.2, 0.25) is 0 Å². The number of nitrogens with one attached hydrogen (secondary N) is 1. The summed E-state index contributed by atoms with van der Waals surface area (Å²) in [5.74, 6) is 0.814. The Morgan fingerprint density at radius 2 is 2.28 bits per heavy atom. The van der Waals surface area contributed by atoms with Crippen molar-refractivity contribution in [3.05, 3.63) is 23.3 Å². The Morgan fingerprint density at radius 1 is 1.50 bits per heavy atom. The van der Waals surface area contributed by atoms with E-state index in [4.69, 9.17) is 0 Å². The van der Waals surface area contributed by atoms with E-state index in [9.17, 15) is 4.79 Å². The molecule has 0 spiro atoms. The molecule has 1 N–H and O–H groups in total. The summed E-state index contributed by atoms with van der Waals surface area (Å²) in [5.41, 5.74) is 0. The summed E-state index contributed by atoms with van der Waals surface area (Å²) in [4.78, 5) is 12.8. The van der Waals surface area contributed by atoms with Crippen LogP contribution < -0.4 is 5.32 Å². The molecule has 0 saturated heterocycles. The predicted octanol–water partition coefficient (Wildman–Crippen LogP) is 3.42. The minimum atomic E-state index is 0.0826. The second-order valence-corrected chi connectivity index (χ2v) is 6.47. The van der Waals surface area contributed by atoms with E-state index in [1.54, 1.807) is 11.3 Å². The summed E-state index contributed by atoms with van der Waals surface area (Å²) in [6, 6.07) is 2.47. The van der Waals surface area contributed by atoms with Crippen LogP contribution in [-0.2, 0) is 0 Å². The van der Waals surface area contributed by atoms with Gasteiger partial charge in [0.1, 0.15) is 0 Å². The number of nitrogens with zero attached hydrogens (tertiary/aromatic N) is 1. The Bertz CT molecular complexity index is 546. The van der Waals surface area contributed by atoms with E-state index in [2.05, 4.69) is 36.1 Å². The van der Waals surface area contributed by atoms with Gasteiger partial charge in [0.15, 0.2) is 0 Å². The number of hydrogen-bond acceptors (Lipinski definition) is 2. The van der Waals surface area contributed by atoms with Crippen molar-refractivity contribution in [2.45, 2.75) is 32.7 Å². The minimum absolute atomic E-state index is 0.0826. The predicted molar refractivity (Wildman–Crippen MR) is 75.3 cm³/mol. The van der Waals surface area contributed by atoms with Gasteiger partial charge in [0.25, 0.3) is 5.91 Å². The van der Waals surface area contributed by atoms with Gasteiger partial charge in [0.05, 0.1) is 9.58 Å². The molecule has 2 heterocycles. The Hall–Kier alpha value is -1.29. The normalized spacial score (nSPS) is 15.5. The highest BCUT2D eigenvalue weighted by Crippen LogP contribution is 2.29. The molecule has 1 fully saturated rings. The number of carbonyl (C=O) groups is 1. The van der Waals surface area contributed by atoms with Crippen LogP contribution in [0.15, 0.2) is 18.5 Å². The topological polar surface area (TPSA) is 34.0 Å². The monoisotopic (exact) mass is 262 g/mol.